The predicted octanol–water partition coefficient (Wildman–Crippen LogP) is 3.64. The number of rotatable bonds is 3. The van der Waals surface area contributed by atoms with E-state index in [2.05, 4.69) is 10.0 Å². The van der Waals surface area contributed by atoms with Crippen LogP contribution in [-0.2, 0) is 0 Å². The summed E-state index contributed by atoms with van der Waals surface area (Å²) >= 11 is 0. The first kappa shape index (κ1) is 14.0. The molecule has 0 radical (unpaired) electrons. The average molecular weight is 266 g/mol. The minimum atomic E-state index is -0.832. The van der Waals surface area contributed by atoms with Gasteiger partial charge in [-0.05, 0) is 42.5 Å². The molecule has 0 aromatic carbocycles. The number of likely N-dealkylation sites (tertiary alicyclic amines) is 1. The van der Waals surface area contributed by atoms with Crippen molar-refractivity contribution in [2.24, 2.45) is 16.4 Å². The summed E-state index contributed by atoms with van der Waals surface area (Å²) in [5.74, 6) is 0.600. The molecule has 0 spiro atoms. The molecule has 2 aliphatic rings. The average Bonchev–Trinajstić information content (AvgIpc) is 2.46. The van der Waals surface area contributed by atoms with Crippen LogP contribution in [-0.4, -0.2) is 35.7 Å². The van der Waals surface area contributed by atoms with Crippen LogP contribution in [0.25, 0.3) is 10.4 Å². The molecule has 1 aliphatic carbocycles. The highest BCUT2D eigenvalue weighted by Gasteiger charge is 2.41. The molecule has 2 fully saturated rings. The predicted molar refractivity (Wildman–Crippen MR) is 71.9 cm³/mol. The van der Waals surface area contributed by atoms with Gasteiger partial charge >= 0.3 is 6.09 Å². The highest BCUT2D eigenvalue weighted by atomic mass is 16.4. The second kappa shape index (κ2) is 6.15. The lowest BCUT2D eigenvalue weighted by atomic mass is 9.64. The van der Waals surface area contributed by atoms with Crippen LogP contribution in [0.15, 0.2) is 5.11 Å². The van der Waals surface area contributed by atoms with Crippen LogP contribution in [0, 0.1) is 11.3 Å². The Morgan fingerprint density at radius 1 is 1.32 bits per heavy atom. The van der Waals surface area contributed by atoms with Crippen molar-refractivity contribution in [3.63, 3.8) is 0 Å². The van der Waals surface area contributed by atoms with E-state index >= 15 is 0 Å². The van der Waals surface area contributed by atoms with Crippen LogP contribution in [0.5, 0.6) is 0 Å². The van der Waals surface area contributed by atoms with Gasteiger partial charge in [0.1, 0.15) is 0 Å². The van der Waals surface area contributed by atoms with E-state index in [0.29, 0.717) is 25.6 Å². The summed E-state index contributed by atoms with van der Waals surface area (Å²) in [6.45, 7) is 1.68. The number of hydrogen-bond donors (Lipinski definition) is 1. The molecule has 1 amide bonds. The Hall–Kier alpha value is -1.42. The van der Waals surface area contributed by atoms with Gasteiger partial charge in [-0.15, -0.1) is 0 Å². The largest absolute Gasteiger partial charge is 0.465 e. The molecule has 19 heavy (non-hydrogen) atoms. The Balaban J connectivity index is 2.07. The van der Waals surface area contributed by atoms with E-state index in [1.165, 1.54) is 37.0 Å². The Morgan fingerprint density at radius 3 is 2.47 bits per heavy atom. The molecule has 6 nitrogen and oxygen atoms in total. The summed E-state index contributed by atoms with van der Waals surface area (Å²) < 4.78 is 0. The van der Waals surface area contributed by atoms with Gasteiger partial charge in [-0.3, -0.25) is 0 Å². The Labute approximate surface area is 113 Å². The van der Waals surface area contributed by atoms with Gasteiger partial charge in [0.2, 0.25) is 0 Å². The van der Waals surface area contributed by atoms with Crippen molar-refractivity contribution in [2.75, 3.05) is 19.6 Å². The van der Waals surface area contributed by atoms with E-state index in [1.54, 1.807) is 0 Å². The Kier molecular flexibility index (Phi) is 4.53. The maximum absolute atomic E-state index is 11.0. The molecule has 6 heteroatoms. The number of piperidine rings is 1. The first-order chi connectivity index (χ1) is 9.18. The van der Waals surface area contributed by atoms with E-state index in [0.717, 1.165) is 12.8 Å². The maximum Gasteiger partial charge on any atom is 0.407 e. The fourth-order valence-corrected chi connectivity index (χ4v) is 3.73. The molecule has 2 rings (SSSR count). The number of carbonyl (C=O) groups is 1. The van der Waals surface area contributed by atoms with Gasteiger partial charge in [-0.25, -0.2) is 4.79 Å². The normalized spacial score (nSPS) is 23.7. The smallest absolute Gasteiger partial charge is 0.407 e. The SMILES string of the molecule is [N-]=[N+]=NCC1(C2CCCCC2)CCN(C(=O)O)CC1. The summed E-state index contributed by atoms with van der Waals surface area (Å²) in [7, 11) is 0. The summed E-state index contributed by atoms with van der Waals surface area (Å²) in [5.41, 5.74) is 8.64. The van der Waals surface area contributed by atoms with Crippen molar-refractivity contribution < 1.29 is 9.90 Å². The van der Waals surface area contributed by atoms with Gasteiger partial charge in [0.05, 0.1) is 0 Å². The van der Waals surface area contributed by atoms with Gasteiger partial charge in [-0.1, -0.05) is 24.4 Å². The minimum Gasteiger partial charge on any atom is -0.465 e. The van der Waals surface area contributed by atoms with Gasteiger partial charge < -0.3 is 10.0 Å². The summed E-state index contributed by atoms with van der Waals surface area (Å²) in [4.78, 5) is 15.4. The van der Waals surface area contributed by atoms with Crippen molar-refractivity contribution in [2.45, 2.75) is 44.9 Å². The van der Waals surface area contributed by atoms with Crippen molar-refractivity contribution in [1.29, 1.82) is 0 Å². The van der Waals surface area contributed by atoms with Crippen LogP contribution in [0.3, 0.4) is 0 Å². The zero-order valence-corrected chi connectivity index (χ0v) is 11.3. The number of hydrogen-bond acceptors (Lipinski definition) is 2. The highest BCUT2D eigenvalue weighted by Crippen LogP contribution is 2.46. The molecule has 0 atom stereocenters. The Bertz CT molecular complexity index is 365. The third kappa shape index (κ3) is 3.13. The van der Waals surface area contributed by atoms with E-state index < -0.39 is 6.09 Å². The summed E-state index contributed by atoms with van der Waals surface area (Å²) in [6.07, 6.45) is 7.06. The van der Waals surface area contributed by atoms with Crippen LogP contribution in [0.4, 0.5) is 4.79 Å². The Morgan fingerprint density at radius 2 is 1.95 bits per heavy atom. The van der Waals surface area contributed by atoms with Crippen molar-refractivity contribution in [3.8, 4) is 0 Å². The number of amides is 1. The number of carboxylic acid groups (broad SMARTS) is 1. The molecule has 106 valence electrons. The first-order valence-electron chi connectivity index (χ1n) is 7.17. The molecule has 0 bridgehead atoms. The topological polar surface area (TPSA) is 89.3 Å². The van der Waals surface area contributed by atoms with Gasteiger partial charge in [0.25, 0.3) is 0 Å². The van der Waals surface area contributed by atoms with Crippen molar-refractivity contribution in [3.05, 3.63) is 10.4 Å². The lowest BCUT2D eigenvalue weighted by Crippen LogP contribution is -2.47. The van der Waals surface area contributed by atoms with Gasteiger partial charge in [0, 0.05) is 24.5 Å². The molecule has 1 heterocycles. The first-order valence-corrected chi connectivity index (χ1v) is 7.17. The summed E-state index contributed by atoms with van der Waals surface area (Å²) in [6, 6.07) is 0. The number of nitrogens with zero attached hydrogens (tertiary/aromatic N) is 4. The lowest BCUT2D eigenvalue weighted by molar-refractivity contribution is 0.0380. The molecule has 0 unspecified atom stereocenters. The van der Waals surface area contributed by atoms with Crippen LogP contribution < -0.4 is 0 Å². The van der Waals surface area contributed by atoms with Gasteiger partial charge in [0.15, 0.2) is 0 Å². The second-order valence-corrected chi connectivity index (χ2v) is 5.86. The third-order valence-electron chi connectivity index (χ3n) is 4.95. The fourth-order valence-electron chi connectivity index (χ4n) is 3.73. The van der Waals surface area contributed by atoms with E-state index in [9.17, 15) is 4.79 Å². The zero-order chi connectivity index (χ0) is 13.7. The second-order valence-electron chi connectivity index (χ2n) is 5.86. The van der Waals surface area contributed by atoms with Gasteiger partial charge in [-0.2, -0.15) is 0 Å². The molecule has 0 aromatic heterocycles. The lowest BCUT2D eigenvalue weighted by Gasteiger charge is -2.47. The zero-order valence-electron chi connectivity index (χ0n) is 11.3. The van der Waals surface area contributed by atoms with E-state index in [1.807, 2.05) is 0 Å². The monoisotopic (exact) mass is 266 g/mol. The minimum absolute atomic E-state index is 0.0403. The third-order valence-corrected chi connectivity index (χ3v) is 4.95. The van der Waals surface area contributed by atoms with Crippen molar-refractivity contribution in [1.82, 2.24) is 4.90 Å². The molecular formula is C13H22N4O2. The molecule has 1 saturated heterocycles. The standard InChI is InChI=1S/C13H22N4O2/c14-16-15-10-13(11-4-2-1-3-5-11)6-8-17(9-7-13)12(18)19/h11H,1-10H2,(H,18,19). The van der Waals surface area contributed by atoms with E-state index in [-0.39, 0.29) is 5.41 Å². The molecular weight excluding hydrogens is 244 g/mol. The summed E-state index contributed by atoms with van der Waals surface area (Å²) in [5, 5.41) is 12.9. The van der Waals surface area contributed by atoms with E-state index in [4.69, 9.17) is 10.6 Å². The van der Waals surface area contributed by atoms with Crippen LogP contribution in [0.1, 0.15) is 44.9 Å². The van der Waals surface area contributed by atoms with Crippen molar-refractivity contribution >= 4 is 6.09 Å². The maximum atomic E-state index is 11.0. The molecule has 1 aliphatic heterocycles. The fraction of sp³-hybridized carbons (Fsp3) is 0.923. The number of azide groups is 1. The molecule has 0 aromatic rings. The molecule has 1 saturated carbocycles. The van der Waals surface area contributed by atoms with Crippen LogP contribution in [0.2, 0.25) is 0 Å². The quantitative estimate of drug-likeness (QED) is 0.480. The molecule has 1 N–H and O–H groups in total. The highest BCUT2D eigenvalue weighted by molar-refractivity contribution is 5.65. The van der Waals surface area contributed by atoms with Crippen LogP contribution >= 0.6 is 0 Å².